The Morgan fingerprint density at radius 1 is 1.22 bits per heavy atom. The Balaban J connectivity index is 1.58. The van der Waals surface area contributed by atoms with Gasteiger partial charge < -0.3 is 9.73 Å². The molecule has 0 bridgehead atoms. The van der Waals surface area contributed by atoms with Crippen LogP contribution in [0.1, 0.15) is 17.7 Å². The van der Waals surface area contributed by atoms with Gasteiger partial charge in [-0.2, -0.15) is 11.8 Å². The number of carbonyl (C=O) groups is 1. The zero-order valence-electron chi connectivity index (χ0n) is 12.8. The summed E-state index contributed by atoms with van der Waals surface area (Å²) in [6.45, 7) is 2.02. The normalized spacial score (nSPS) is 10.1. The molecular formula is C16H19N3O2S2. The van der Waals surface area contributed by atoms with Crippen LogP contribution < -0.4 is 16.2 Å². The van der Waals surface area contributed by atoms with E-state index in [1.165, 1.54) is 5.56 Å². The van der Waals surface area contributed by atoms with Crippen molar-refractivity contribution in [1.82, 2.24) is 10.9 Å². The topological polar surface area (TPSA) is 66.3 Å². The molecule has 0 aliphatic carbocycles. The van der Waals surface area contributed by atoms with Crippen LogP contribution in [0.25, 0.3) is 0 Å². The number of hydrogen-bond acceptors (Lipinski definition) is 4. The summed E-state index contributed by atoms with van der Waals surface area (Å²) in [7, 11) is 0. The van der Waals surface area contributed by atoms with E-state index in [-0.39, 0.29) is 5.91 Å². The third-order valence-corrected chi connectivity index (χ3v) is 4.11. The average molecular weight is 349 g/mol. The fourth-order valence-electron chi connectivity index (χ4n) is 1.72. The van der Waals surface area contributed by atoms with Crippen molar-refractivity contribution in [1.29, 1.82) is 0 Å². The Hall–Kier alpha value is -1.99. The molecule has 1 amide bonds. The minimum absolute atomic E-state index is 0.106. The van der Waals surface area contributed by atoms with E-state index in [0.29, 0.717) is 17.3 Å². The summed E-state index contributed by atoms with van der Waals surface area (Å²) in [6, 6.07) is 11.6. The molecule has 7 heteroatoms. The first-order valence-electron chi connectivity index (χ1n) is 7.16. The van der Waals surface area contributed by atoms with Crippen molar-refractivity contribution < 1.29 is 9.21 Å². The van der Waals surface area contributed by atoms with Crippen LogP contribution >= 0.6 is 24.0 Å². The molecule has 2 aromatic rings. The highest BCUT2D eigenvalue weighted by Gasteiger charge is 2.03. The summed E-state index contributed by atoms with van der Waals surface area (Å²) >= 11 is 6.77. The number of anilines is 1. The molecule has 0 aliphatic rings. The van der Waals surface area contributed by atoms with Crippen molar-refractivity contribution in [2.24, 2.45) is 0 Å². The van der Waals surface area contributed by atoms with E-state index in [0.717, 1.165) is 17.2 Å². The lowest BCUT2D eigenvalue weighted by Gasteiger charge is -2.11. The van der Waals surface area contributed by atoms with Gasteiger partial charge >= 0.3 is 0 Å². The van der Waals surface area contributed by atoms with E-state index in [9.17, 15) is 4.79 Å². The smallest absolute Gasteiger partial charge is 0.239 e. The van der Waals surface area contributed by atoms with Crippen molar-refractivity contribution in [3.8, 4) is 0 Å². The van der Waals surface area contributed by atoms with Gasteiger partial charge in [0.15, 0.2) is 5.11 Å². The Labute approximate surface area is 145 Å². The van der Waals surface area contributed by atoms with E-state index < -0.39 is 0 Å². The molecule has 122 valence electrons. The van der Waals surface area contributed by atoms with Crippen LogP contribution in [0.15, 0.2) is 47.1 Å². The van der Waals surface area contributed by atoms with Crippen molar-refractivity contribution in [3.05, 3.63) is 54.0 Å². The maximum atomic E-state index is 11.7. The predicted molar refractivity (Wildman–Crippen MR) is 98.2 cm³/mol. The van der Waals surface area contributed by atoms with Gasteiger partial charge in [-0.15, -0.1) is 0 Å². The SMILES string of the molecule is Cc1ccc(NC(=S)NNC(=O)CCSCc2ccco2)cc1. The lowest BCUT2D eigenvalue weighted by atomic mass is 10.2. The number of nitrogens with one attached hydrogen (secondary N) is 3. The van der Waals surface area contributed by atoms with Gasteiger partial charge in [-0.25, -0.2) is 0 Å². The van der Waals surface area contributed by atoms with Crippen molar-refractivity contribution >= 4 is 40.7 Å². The van der Waals surface area contributed by atoms with Gasteiger partial charge in [0.05, 0.1) is 12.0 Å². The number of hydrazine groups is 1. The molecular weight excluding hydrogens is 330 g/mol. The fourth-order valence-corrected chi connectivity index (χ4v) is 2.73. The van der Waals surface area contributed by atoms with Gasteiger partial charge in [-0.05, 0) is 43.4 Å². The largest absolute Gasteiger partial charge is 0.468 e. The Morgan fingerprint density at radius 2 is 2.00 bits per heavy atom. The van der Waals surface area contributed by atoms with Crippen molar-refractivity contribution in [3.63, 3.8) is 0 Å². The summed E-state index contributed by atoms with van der Waals surface area (Å²) in [6.07, 6.45) is 2.06. The number of furan rings is 1. The second kappa shape index (κ2) is 9.22. The quantitative estimate of drug-likeness (QED) is 0.423. The van der Waals surface area contributed by atoms with Crippen LogP contribution in [0.2, 0.25) is 0 Å². The number of thioether (sulfide) groups is 1. The molecule has 1 heterocycles. The number of rotatable bonds is 6. The van der Waals surface area contributed by atoms with Crippen LogP contribution in [0.3, 0.4) is 0 Å². The minimum Gasteiger partial charge on any atom is -0.468 e. The molecule has 2 rings (SSSR count). The van der Waals surface area contributed by atoms with Crippen molar-refractivity contribution in [2.75, 3.05) is 11.1 Å². The zero-order valence-corrected chi connectivity index (χ0v) is 14.4. The van der Waals surface area contributed by atoms with Gasteiger partial charge in [0.1, 0.15) is 5.76 Å². The van der Waals surface area contributed by atoms with E-state index in [1.54, 1.807) is 18.0 Å². The van der Waals surface area contributed by atoms with E-state index in [2.05, 4.69) is 16.2 Å². The number of hydrogen-bond donors (Lipinski definition) is 3. The third kappa shape index (κ3) is 6.75. The van der Waals surface area contributed by atoms with Crippen LogP contribution in [-0.2, 0) is 10.5 Å². The first kappa shape index (κ1) is 17.4. The second-order valence-corrected chi connectivity index (χ2v) is 6.39. The first-order valence-corrected chi connectivity index (χ1v) is 8.72. The van der Waals surface area contributed by atoms with E-state index in [1.807, 2.05) is 43.3 Å². The Kier molecular flexibility index (Phi) is 6.96. The second-order valence-electron chi connectivity index (χ2n) is 4.88. The minimum atomic E-state index is -0.106. The lowest BCUT2D eigenvalue weighted by Crippen LogP contribution is -2.43. The predicted octanol–water partition coefficient (Wildman–Crippen LogP) is 3.23. The third-order valence-electron chi connectivity index (χ3n) is 2.92. The Morgan fingerprint density at radius 3 is 2.70 bits per heavy atom. The standard InChI is InChI=1S/C16H19N3O2S2/c1-12-4-6-13(7-5-12)17-16(22)19-18-15(20)8-10-23-11-14-3-2-9-21-14/h2-7,9H,8,10-11H2,1H3,(H,18,20)(H2,17,19,22). The van der Waals surface area contributed by atoms with E-state index >= 15 is 0 Å². The van der Waals surface area contributed by atoms with Gasteiger partial charge in [0.25, 0.3) is 0 Å². The monoisotopic (exact) mass is 349 g/mol. The van der Waals surface area contributed by atoms with Gasteiger partial charge in [-0.3, -0.25) is 15.6 Å². The molecule has 0 spiro atoms. The number of amides is 1. The molecule has 5 nitrogen and oxygen atoms in total. The Bertz CT molecular complexity index is 627. The van der Waals surface area contributed by atoms with E-state index in [4.69, 9.17) is 16.6 Å². The molecule has 3 N–H and O–H groups in total. The fraction of sp³-hybridized carbons (Fsp3) is 0.250. The summed E-state index contributed by atoms with van der Waals surface area (Å²) < 4.78 is 5.22. The average Bonchev–Trinajstić information content (AvgIpc) is 3.05. The van der Waals surface area contributed by atoms with Crippen LogP contribution in [0, 0.1) is 6.92 Å². The number of carbonyl (C=O) groups excluding carboxylic acids is 1. The molecule has 0 unspecified atom stereocenters. The molecule has 0 saturated heterocycles. The van der Waals surface area contributed by atoms with Crippen LogP contribution in [0.5, 0.6) is 0 Å². The van der Waals surface area contributed by atoms with Gasteiger partial charge in [-0.1, -0.05) is 17.7 Å². The lowest BCUT2D eigenvalue weighted by molar-refractivity contribution is -0.121. The highest BCUT2D eigenvalue weighted by atomic mass is 32.2. The zero-order chi connectivity index (χ0) is 16.5. The molecule has 23 heavy (non-hydrogen) atoms. The molecule has 1 aromatic carbocycles. The van der Waals surface area contributed by atoms with Crippen LogP contribution in [-0.4, -0.2) is 16.8 Å². The van der Waals surface area contributed by atoms with Crippen LogP contribution in [0.4, 0.5) is 5.69 Å². The maximum absolute atomic E-state index is 11.7. The number of aryl methyl sites for hydroxylation is 1. The number of benzene rings is 1. The highest BCUT2D eigenvalue weighted by molar-refractivity contribution is 7.98. The molecule has 0 fully saturated rings. The highest BCUT2D eigenvalue weighted by Crippen LogP contribution is 2.13. The number of thiocarbonyl (C=S) groups is 1. The van der Waals surface area contributed by atoms with Gasteiger partial charge in [0.2, 0.25) is 5.91 Å². The maximum Gasteiger partial charge on any atom is 0.239 e. The molecule has 0 aliphatic heterocycles. The molecule has 0 radical (unpaired) electrons. The molecule has 1 aromatic heterocycles. The molecule has 0 saturated carbocycles. The summed E-state index contributed by atoms with van der Waals surface area (Å²) in [5.41, 5.74) is 7.32. The summed E-state index contributed by atoms with van der Waals surface area (Å²) in [5, 5.41) is 3.35. The summed E-state index contributed by atoms with van der Waals surface area (Å²) in [5.74, 6) is 2.29. The first-order chi connectivity index (χ1) is 11.1. The van der Waals surface area contributed by atoms with Crippen molar-refractivity contribution in [2.45, 2.75) is 19.1 Å². The molecule has 0 atom stereocenters. The summed E-state index contributed by atoms with van der Waals surface area (Å²) in [4.78, 5) is 11.7. The van der Waals surface area contributed by atoms with Gasteiger partial charge in [0, 0.05) is 17.9 Å².